The van der Waals surface area contributed by atoms with Crippen molar-refractivity contribution in [2.24, 2.45) is 17.6 Å². The summed E-state index contributed by atoms with van der Waals surface area (Å²) in [4.78, 5) is 2.28. The maximum atomic E-state index is 5.85. The van der Waals surface area contributed by atoms with E-state index in [1.165, 1.54) is 11.3 Å². The van der Waals surface area contributed by atoms with Crippen LogP contribution in [0.25, 0.3) is 0 Å². The van der Waals surface area contributed by atoms with Crippen LogP contribution in [-0.4, -0.2) is 26.7 Å². The lowest BCUT2D eigenvalue weighted by molar-refractivity contribution is 0.338. The molecule has 2 N–H and O–H groups in total. The van der Waals surface area contributed by atoms with E-state index in [1.54, 1.807) is 0 Å². The fourth-order valence-electron chi connectivity index (χ4n) is 2.20. The molecule has 0 aromatic heterocycles. The first kappa shape index (κ1) is 15.8. The van der Waals surface area contributed by atoms with Crippen LogP contribution < -0.4 is 15.4 Å². The predicted molar refractivity (Wildman–Crippen MR) is 83.0 cm³/mol. The van der Waals surface area contributed by atoms with E-state index >= 15 is 0 Å². The van der Waals surface area contributed by atoms with Gasteiger partial charge < -0.3 is 15.4 Å². The number of ether oxygens (including phenoxy) is 1. The van der Waals surface area contributed by atoms with Gasteiger partial charge in [-0.1, -0.05) is 13.8 Å². The van der Waals surface area contributed by atoms with E-state index in [4.69, 9.17) is 10.5 Å². The second kappa shape index (κ2) is 7.39. The van der Waals surface area contributed by atoms with Crippen molar-refractivity contribution in [3.63, 3.8) is 0 Å². The summed E-state index contributed by atoms with van der Waals surface area (Å²) in [6.07, 6.45) is 0. The van der Waals surface area contributed by atoms with Crippen molar-refractivity contribution < 1.29 is 4.74 Å². The Labute approximate surface area is 117 Å². The van der Waals surface area contributed by atoms with E-state index in [-0.39, 0.29) is 0 Å². The van der Waals surface area contributed by atoms with Gasteiger partial charge in [-0.15, -0.1) is 0 Å². The average molecular weight is 264 g/mol. The molecule has 0 bridgehead atoms. The molecule has 1 atom stereocenters. The zero-order chi connectivity index (χ0) is 14.4. The van der Waals surface area contributed by atoms with Crippen LogP contribution in [0.5, 0.6) is 5.75 Å². The van der Waals surface area contributed by atoms with Gasteiger partial charge in [0.1, 0.15) is 5.75 Å². The molecule has 3 heteroatoms. The molecular formula is C16H28N2O. The normalized spacial score (nSPS) is 12.6. The van der Waals surface area contributed by atoms with Gasteiger partial charge in [-0.25, -0.2) is 0 Å². The molecule has 0 saturated carbocycles. The van der Waals surface area contributed by atoms with Crippen LogP contribution in [0.1, 0.15) is 26.3 Å². The monoisotopic (exact) mass is 264 g/mol. The van der Waals surface area contributed by atoms with Crippen LogP contribution in [0.15, 0.2) is 18.2 Å². The van der Waals surface area contributed by atoms with Crippen molar-refractivity contribution >= 4 is 5.69 Å². The van der Waals surface area contributed by atoms with Gasteiger partial charge in [-0.2, -0.15) is 0 Å². The molecule has 0 aliphatic rings. The first-order valence-corrected chi connectivity index (χ1v) is 7.14. The van der Waals surface area contributed by atoms with E-state index in [9.17, 15) is 0 Å². The molecule has 0 spiro atoms. The van der Waals surface area contributed by atoms with Crippen molar-refractivity contribution in [2.75, 3.05) is 31.6 Å². The third kappa shape index (κ3) is 4.43. The highest BCUT2D eigenvalue weighted by Crippen LogP contribution is 2.25. The lowest BCUT2D eigenvalue weighted by Gasteiger charge is -2.27. The molecule has 1 aromatic carbocycles. The van der Waals surface area contributed by atoms with E-state index < -0.39 is 0 Å². The summed E-state index contributed by atoms with van der Waals surface area (Å²) in [6, 6.07) is 6.35. The van der Waals surface area contributed by atoms with Crippen molar-refractivity contribution in [1.29, 1.82) is 0 Å². The van der Waals surface area contributed by atoms with E-state index in [0.29, 0.717) is 18.4 Å². The first-order valence-electron chi connectivity index (χ1n) is 7.14. The fourth-order valence-corrected chi connectivity index (χ4v) is 2.20. The highest BCUT2D eigenvalue weighted by atomic mass is 16.5. The van der Waals surface area contributed by atoms with Gasteiger partial charge in [-0.05, 0) is 56.0 Å². The highest BCUT2D eigenvalue weighted by Gasteiger charge is 2.14. The molecule has 0 aliphatic carbocycles. The van der Waals surface area contributed by atoms with Crippen LogP contribution >= 0.6 is 0 Å². The number of benzene rings is 1. The predicted octanol–water partition coefficient (Wildman–Crippen LogP) is 3.06. The smallest absolute Gasteiger partial charge is 0.122 e. The zero-order valence-corrected chi connectivity index (χ0v) is 12.9. The van der Waals surface area contributed by atoms with Gasteiger partial charge in [0.05, 0.1) is 6.61 Å². The number of hydrogen-bond donors (Lipinski definition) is 1. The first-order chi connectivity index (χ1) is 8.99. The van der Waals surface area contributed by atoms with Crippen molar-refractivity contribution in [2.45, 2.75) is 27.7 Å². The van der Waals surface area contributed by atoms with Crippen LogP contribution in [0, 0.1) is 18.8 Å². The fraction of sp³-hybridized carbons (Fsp3) is 0.625. The molecule has 0 aliphatic heterocycles. The molecule has 0 heterocycles. The quantitative estimate of drug-likeness (QED) is 0.822. The van der Waals surface area contributed by atoms with E-state index in [0.717, 1.165) is 18.8 Å². The van der Waals surface area contributed by atoms with Gasteiger partial charge >= 0.3 is 0 Å². The largest absolute Gasteiger partial charge is 0.494 e. The van der Waals surface area contributed by atoms with Crippen LogP contribution in [0.3, 0.4) is 0 Å². The van der Waals surface area contributed by atoms with Gasteiger partial charge in [-0.3, -0.25) is 0 Å². The lowest BCUT2D eigenvalue weighted by Crippen LogP contribution is -2.33. The van der Waals surface area contributed by atoms with Crippen molar-refractivity contribution in [1.82, 2.24) is 0 Å². The van der Waals surface area contributed by atoms with E-state index in [2.05, 4.69) is 50.9 Å². The number of aryl methyl sites for hydroxylation is 1. The molecule has 3 nitrogen and oxygen atoms in total. The molecule has 1 aromatic rings. The Bertz CT molecular complexity index is 390. The number of nitrogens with two attached hydrogens (primary N) is 1. The lowest BCUT2D eigenvalue weighted by atomic mass is 9.95. The molecule has 0 radical (unpaired) electrons. The molecule has 0 fully saturated rings. The number of rotatable bonds is 7. The second-order valence-electron chi connectivity index (χ2n) is 5.50. The Balaban J connectivity index is 2.77. The van der Waals surface area contributed by atoms with Crippen molar-refractivity contribution in [3.8, 4) is 5.75 Å². The molecule has 108 valence electrons. The minimum absolute atomic E-state index is 0.525. The Kier molecular flexibility index (Phi) is 6.16. The van der Waals surface area contributed by atoms with Gasteiger partial charge in [0.2, 0.25) is 0 Å². The van der Waals surface area contributed by atoms with Gasteiger partial charge in [0.25, 0.3) is 0 Å². The average Bonchev–Trinajstić information content (AvgIpc) is 2.37. The molecule has 19 heavy (non-hydrogen) atoms. The summed E-state index contributed by atoms with van der Waals surface area (Å²) in [5, 5.41) is 0. The van der Waals surface area contributed by atoms with Gasteiger partial charge in [0, 0.05) is 19.3 Å². The minimum atomic E-state index is 0.525. The second-order valence-corrected chi connectivity index (χ2v) is 5.50. The Morgan fingerprint density at radius 1 is 1.32 bits per heavy atom. The number of hydrogen-bond acceptors (Lipinski definition) is 3. The Morgan fingerprint density at radius 2 is 2.00 bits per heavy atom. The SMILES string of the molecule is CCOc1ccc(N(C)CC(CN)C(C)C)cc1C. The van der Waals surface area contributed by atoms with Crippen LogP contribution in [0.4, 0.5) is 5.69 Å². The zero-order valence-electron chi connectivity index (χ0n) is 12.9. The summed E-state index contributed by atoms with van der Waals surface area (Å²) in [7, 11) is 2.13. The summed E-state index contributed by atoms with van der Waals surface area (Å²) in [6.45, 7) is 11.0. The van der Waals surface area contributed by atoms with Crippen molar-refractivity contribution in [3.05, 3.63) is 23.8 Å². The van der Waals surface area contributed by atoms with Crippen LogP contribution in [0.2, 0.25) is 0 Å². The third-order valence-electron chi connectivity index (χ3n) is 3.65. The van der Waals surface area contributed by atoms with Crippen LogP contribution in [-0.2, 0) is 0 Å². The maximum absolute atomic E-state index is 5.85. The maximum Gasteiger partial charge on any atom is 0.122 e. The summed E-state index contributed by atoms with van der Waals surface area (Å²) >= 11 is 0. The van der Waals surface area contributed by atoms with E-state index in [1.807, 2.05) is 6.92 Å². The topological polar surface area (TPSA) is 38.5 Å². The third-order valence-corrected chi connectivity index (χ3v) is 3.65. The Hall–Kier alpha value is -1.22. The molecule has 0 saturated heterocycles. The summed E-state index contributed by atoms with van der Waals surface area (Å²) in [5.74, 6) is 2.10. The molecular weight excluding hydrogens is 236 g/mol. The summed E-state index contributed by atoms with van der Waals surface area (Å²) < 4.78 is 5.57. The molecule has 1 rings (SSSR count). The number of nitrogens with zero attached hydrogens (tertiary/aromatic N) is 1. The van der Waals surface area contributed by atoms with Gasteiger partial charge in [0.15, 0.2) is 0 Å². The highest BCUT2D eigenvalue weighted by molar-refractivity contribution is 5.52. The Morgan fingerprint density at radius 3 is 2.47 bits per heavy atom. The summed E-state index contributed by atoms with van der Waals surface area (Å²) in [5.41, 5.74) is 8.25. The minimum Gasteiger partial charge on any atom is -0.494 e. The molecule has 1 unspecified atom stereocenters. The molecule has 0 amide bonds. The standard InChI is InChI=1S/C16H28N2O/c1-6-19-16-8-7-15(9-13(16)4)18(5)11-14(10-17)12(2)3/h7-9,12,14H,6,10-11,17H2,1-5H3. The number of anilines is 1.